The molecule has 1 saturated heterocycles. The van der Waals surface area contributed by atoms with Crippen LogP contribution in [0, 0.1) is 5.41 Å². The molecule has 42 heavy (non-hydrogen) atoms. The molecule has 12 heteroatoms. The van der Waals surface area contributed by atoms with E-state index in [9.17, 15) is 9.59 Å². The molecule has 0 saturated carbocycles. The minimum Gasteiger partial charge on any atom is -0.378 e. The summed E-state index contributed by atoms with van der Waals surface area (Å²) in [5.41, 5.74) is 4.76. The van der Waals surface area contributed by atoms with Gasteiger partial charge in [-0.3, -0.25) is 14.8 Å². The number of amides is 3. The first-order chi connectivity index (χ1) is 20.4. The number of rotatable bonds is 8. The largest absolute Gasteiger partial charge is 0.378 e. The minimum absolute atomic E-state index is 0.164. The molecule has 1 fully saturated rings. The number of fused-ring (bicyclic) bond motifs is 1. The third-order valence-corrected chi connectivity index (χ3v) is 6.59. The molecule has 1 aliphatic rings. The Morgan fingerprint density at radius 1 is 0.976 bits per heavy atom. The van der Waals surface area contributed by atoms with E-state index in [0.717, 1.165) is 16.9 Å². The standard InChI is InChI=1S/C30H31N9O3/c1-19(40)34-23-7-9-25(10-8-23)36-30(41)35-24-5-3-20(4-6-24)28-37-26-15-21(22(16-31)17-32-2)18-33-27(26)29(38-28)39-11-13-42-14-12-39/h3-10,15-18,22,31H,11-14H2,1-2H3,(H,34,40)(H2,35,36,41). The molecule has 1 aliphatic heterocycles. The van der Waals surface area contributed by atoms with E-state index in [4.69, 9.17) is 25.1 Å². The second kappa shape index (κ2) is 13.0. The zero-order chi connectivity index (χ0) is 29.5. The van der Waals surface area contributed by atoms with Crippen LogP contribution >= 0.6 is 0 Å². The van der Waals surface area contributed by atoms with E-state index in [0.29, 0.717) is 60.2 Å². The van der Waals surface area contributed by atoms with Crippen molar-refractivity contribution in [2.75, 3.05) is 54.2 Å². The molecule has 214 valence electrons. The molecule has 4 aromatic rings. The number of benzene rings is 2. The van der Waals surface area contributed by atoms with Crippen LogP contribution in [0.15, 0.2) is 65.8 Å². The molecule has 5 rings (SSSR count). The molecule has 2 aromatic carbocycles. The van der Waals surface area contributed by atoms with Crippen molar-refractivity contribution < 1.29 is 14.3 Å². The Morgan fingerprint density at radius 3 is 2.19 bits per heavy atom. The molecule has 0 aliphatic carbocycles. The number of hydrogen-bond acceptors (Lipinski definition) is 9. The van der Waals surface area contributed by atoms with Gasteiger partial charge in [0.05, 0.1) is 24.6 Å². The van der Waals surface area contributed by atoms with Crippen molar-refractivity contribution in [3.63, 3.8) is 0 Å². The van der Waals surface area contributed by atoms with Gasteiger partial charge < -0.3 is 31.0 Å². The van der Waals surface area contributed by atoms with E-state index in [1.54, 1.807) is 55.9 Å². The van der Waals surface area contributed by atoms with Crippen LogP contribution in [0.4, 0.5) is 27.7 Å². The van der Waals surface area contributed by atoms with Gasteiger partial charge >= 0.3 is 6.03 Å². The van der Waals surface area contributed by atoms with Gasteiger partial charge in [-0.15, -0.1) is 0 Å². The average Bonchev–Trinajstić information content (AvgIpc) is 3.00. The first-order valence-electron chi connectivity index (χ1n) is 13.4. The Kier molecular flexibility index (Phi) is 8.73. The number of urea groups is 1. The van der Waals surface area contributed by atoms with Crippen LogP contribution in [0.2, 0.25) is 0 Å². The lowest BCUT2D eigenvalue weighted by atomic mass is 10.0. The summed E-state index contributed by atoms with van der Waals surface area (Å²) in [6.45, 7) is 4.02. The Morgan fingerprint density at radius 2 is 1.60 bits per heavy atom. The number of ether oxygens (including phenoxy) is 1. The van der Waals surface area contributed by atoms with Gasteiger partial charge in [0.2, 0.25) is 5.91 Å². The van der Waals surface area contributed by atoms with Crippen molar-refractivity contribution in [2.45, 2.75) is 12.8 Å². The molecule has 2 aromatic heterocycles. The second-order valence-electron chi connectivity index (χ2n) is 9.62. The fraction of sp³-hybridized carbons (Fsp3) is 0.233. The van der Waals surface area contributed by atoms with Crippen LogP contribution in [-0.4, -0.2) is 72.7 Å². The summed E-state index contributed by atoms with van der Waals surface area (Å²) in [7, 11) is 1.68. The minimum atomic E-state index is -0.401. The van der Waals surface area contributed by atoms with Gasteiger partial charge in [-0.05, 0) is 60.2 Å². The van der Waals surface area contributed by atoms with E-state index in [-0.39, 0.29) is 11.8 Å². The number of morpholine rings is 1. The van der Waals surface area contributed by atoms with Gasteiger partial charge in [0.25, 0.3) is 0 Å². The average molecular weight is 566 g/mol. The fourth-order valence-electron chi connectivity index (χ4n) is 4.55. The van der Waals surface area contributed by atoms with E-state index in [2.05, 4.69) is 25.8 Å². The number of nitrogens with zero attached hydrogens (tertiary/aromatic N) is 5. The Bertz CT molecular complexity index is 1620. The smallest absolute Gasteiger partial charge is 0.323 e. The van der Waals surface area contributed by atoms with Gasteiger partial charge in [-0.2, -0.15) is 0 Å². The lowest BCUT2D eigenvalue weighted by Gasteiger charge is -2.28. The second-order valence-corrected chi connectivity index (χ2v) is 9.62. The molecular formula is C30H31N9O3. The topological polar surface area (TPSA) is 158 Å². The zero-order valence-electron chi connectivity index (χ0n) is 23.3. The lowest BCUT2D eigenvalue weighted by Crippen LogP contribution is -2.37. The number of pyridine rings is 1. The lowest BCUT2D eigenvalue weighted by molar-refractivity contribution is -0.114. The molecule has 3 heterocycles. The number of carbonyl (C=O) groups is 2. The van der Waals surface area contributed by atoms with Crippen LogP contribution in [-0.2, 0) is 9.53 Å². The monoisotopic (exact) mass is 565 g/mol. The van der Waals surface area contributed by atoms with Crippen LogP contribution in [0.25, 0.3) is 22.4 Å². The normalized spacial score (nSPS) is 14.0. The van der Waals surface area contributed by atoms with E-state index >= 15 is 0 Å². The van der Waals surface area contributed by atoms with Crippen LogP contribution in [0.1, 0.15) is 18.4 Å². The van der Waals surface area contributed by atoms with Crippen molar-refractivity contribution >= 4 is 58.3 Å². The number of nitrogens with one attached hydrogen (secondary N) is 4. The van der Waals surface area contributed by atoms with Crippen LogP contribution in [0.5, 0.6) is 0 Å². The van der Waals surface area contributed by atoms with Gasteiger partial charge in [0, 0.05) is 68.3 Å². The van der Waals surface area contributed by atoms with Crippen molar-refractivity contribution in [3.8, 4) is 11.4 Å². The molecule has 4 N–H and O–H groups in total. The highest BCUT2D eigenvalue weighted by atomic mass is 16.5. The Balaban J connectivity index is 1.38. The van der Waals surface area contributed by atoms with Gasteiger partial charge in [-0.25, -0.2) is 14.8 Å². The molecular weight excluding hydrogens is 534 g/mol. The Labute approximate surface area is 242 Å². The third-order valence-electron chi connectivity index (χ3n) is 6.59. The van der Waals surface area contributed by atoms with Crippen molar-refractivity contribution in [1.82, 2.24) is 15.0 Å². The highest BCUT2D eigenvalue weighted by Gasteiger charge is 2.20. The maximum absolute atomic E-state index is 12.6. The predicted molar refractivity (Wildman–Crippen MR) is 165 cm³/mol. The highest BCUT2D eigenvalue weighted by Crippen LogP contribution is 2.29. The van der Waals surface area contributed by atoms with E-state index < -0.39 is 6.03 Å². The highest BCUT2D eigenvalue weighted by molar-refractivity contribution is 6.00. The SMILES string of the molecule is CN=CC(C=N)c1cnc2c(N3CCOCC3)nc(-c3ccc(NC(=O)Nc4ccc(NC(C)=O)cc4)cc3)nc2c1. The molecule has 0 radical (unpaired) electrons. The van der Waals surface area contributed by atoms with Gasteiger partial charge in [0.1, 0.15) is 5.52 Å². The van der Waals surface area contributed by atoms with Crippen LogP contribution < -0.4 is 20.9 Å². The molecule has 12 nitrogen and oxygen atoms in total. The Hall–Kier alpha value is -5.23. The summed E-state index contributed by atoms with van der Waals surface area (Å²) in [4.78, 5) is 44.4. The van der Waals surface area contributed by atoms with Crippen molar-refractivity contribution in [1.29, 1.82) is 5.41 Å². The van der Waals surface area contributed by atoms with E-state index in [1.807, 2.05) is 18.2 Å². The number of aromatic nitrogens is 3. The number of carbonyl (C=O) groups excluding carboxylic acids is 2. The molecule has 1 atom stereocenters. The van der Waals surface area contributed by atoms with Gasteiger partial charge in [-0.1, -0.05) is 0 Å². The van der Waals surface area contributed by atoms with Gasteiger partial charge in [0.15, 0.2) is 11.6 Å². The summed E-state index contributed by atoms with van der Waals surface area (Å²) in [6, 6.07) is 15.6. The molecule has 0 spiro atoms. The van der Waals surface area contributed by atoms with Crippen LogP contribution in [0.3, 0.4) is 0 Å². The van der Waals surface area contributed by atoms with E-state index in [1.165, 1.54) is 13.1 Å². The summed E-state index contributed by atoms with van der Waals surface area (Å²) < 4.78 is 5.54. The number of aliphatic imine (C=N–C) groups is 1. The fourth-order valence-corrected chi connectivity index (χ4v) is 4.55. The maximum atomic E-state index is 12.6. The predicted octanol–water partition coefficient (Wildman–Crippen LogP) is 4.56. The summed E-state index contributed by atoms with van der Waals surface area (Å²) in [5.74, 6) is 0.784. The maximum Gasteiger partial charge on any atom is 0.323 e. The van der Waals surface area contributed by atoms with Crippen molar-refractivity contribution in [3.05, 3.63) is 66.4 Å². The molecule has 3 amide bonds. The summed E-state index contributed by atoms with van der Waals surface area (Å²) in [6.07, 6.45) is 4.77. The zero-order valence-corrected chi connectivity index (χ0v) is 23.3. The van der Waals surface area contributed by atoms with Crippen molar-refractivity contribution in [2.24, 2.45) is 4.99 Å². The third kappa shape index (κ3) is 6.73. The summed E-state index contributed by atoms with van der Waals surface area (Å²) >= 11 is 0. The number of hydrogen-bond donors (Lipinski definition) is 4. The summed E-state index contributed by atoms with van der Waals surface area (Å²) in [5, 5.41) is 16.1. The first-order valence-corrected chi connectivity index (χ1v) is 13.4. The molecule has 1 unspecified atom stereocenters. The molecule has 0 bridgehead atoms. The quantitative estimate of drug-likeness (QED) is 0.228. The number of anilines is 4. The first kappa shape index (κ1) is 28.3.